The number of fused-ring (bicyclic) bond motifs is 7. The second-order valence-electron chi connectivity index (χ2n) is 11.4. The molecule has 2 nitrogen and oxygen atoms in total. The van der Waals surface area contributed by atoms with Crippen LogP contribution < -0.4 is 4.90 Å². The Hall–Kier alpha value is -5.86. The molecule has 0 radical (unpaired) electrons. The molecule has 1 aromatic heterocycles. The molecule has 0 unspecified atom stereocenters. The van der Waals surface area contributed by atoms with Crippen LogP contribution in [-0.2, 0) is 0 Å². The first-order valence-electron chi connectivity index (χ1n) is 15.0. The highest BCUT2D eigenvalue weighted by molar-refractivity contribution is 6.17. The van der Waals surface area contributed by atoms with Crippen molar-refractivity contribution in [3.63, 3.8) is 0 Å². The summed E-state index contributed by atoms with van der Waals surface area (Å²) in [6, 6.07) is 58.6. The Bertz CT molecular complexity index is 2490. The van der Waals surface area contributed by atoms with Gasteiger partial charge < -0.3 is 9.32 Å². The van der Waals surface area contributed by atoms with Crippen molar-refractivity contribution in [1.82, 2.24) is 0 Å². The van der Waals surface area contributed by atoms with Crippen LogP contribution in [0.15, 0.2) is 168 Å². The highest BCUT2D eigenvalue weighted by Crippen LogP contribution is 2.44. The van der Waals surface area contributed by atoms with Crippen LogP contribution in [-0.4, -0.2) is 0 Å². The maximum Gasteiger partial charge on any atom is 0.137 e. The summed E-state index contributed by atoms with van der Waals surface area (Å²) >= 11 is 0. The van der Waals surface area contributed by atoms with Gasteiger partial charge in [0.05, 0.1) is 11.1 Å². The third-order valence-electron chi connectivity index (χ3n) is 8.80. The van der Waals surface area contributed by atoms with Gasteiger partial charge in [0, 0.05) is 16.8 Å². The van der Waals surface area contributed by atoms with Crippen LogP contribution in [0.3, 0.4) is 0 Å². The van der Waals surface area contributed by atoms with Gasteiger partial charge in [0.2, 0.25) is 0 Å². The second kappa shape index (κ2) is 9.86. The van der Waals surface area contributed by atoms with Crippen molar-refractivity contribution < 1.29 is 4.42 Å². The molecule has 0 bridgehead atoms. The lowest BCUT2D eigenvalue weighted by Gasteiger charge is -2.27. The van der Waals surface area contributed by atoms with E-state index in [4.69, 9.17) is 4.42 Å². The molecule has 2 heteroatoms. The average molecular weight is 562 g/mol. The van der Waals surface area contributed by atoms with Gasteiger partial charge in [-0.15, -0.1) is 0 Å². The normalized spacial score (nSPS) is 11.6. The van der Waals surface area contributed by atoms with Crippen LogP contribution in [0.1, 0.15) is 0 Å². The Labute approximate surface area is 255 Å². The van der Waals surface area contributed by atoms with Crippen LogP contribution in [0, 0.1) is 0 Å². The van der Waals surface area contributed by atoms with Gasteiger partial charge in [0.15, 0.2) is 0 Å². The maximum absolute atomic E-state index is 6.49. The van der Waals surface area contributed by atoms with E-state index in [1.165, 1.54) is 43.4 Å². The summed E-state index contributed by atoms with van der Waals surface area (Å²) in [6.45, 7) is 0. The molecule has 9 rings (SSSR count). The quantitative estimate of drug-likeness (QED) is 0.199. The van der Waals surface area contributed by atoms with Crippen molar-refractivity contribution in [3.05, 3.63) is 164 Å². The van der Waals surface area contributed by atoms with E-state index in [0.29, 0.717) is 0 Å². The summed E-state index contributed by atoms with van der Waals surface area (Å²) in [6.07, 6.45) is 0. The summed E-state index contributed by atoms with van der Waals surface area (Å²) < 4.78 is 6.49. The first kappa shape index (κ1) is 24.7. The Kier molecular flexibility index (Phi) is 5.54. The standard InChI is InChI=1S/C42H27NO/c1-2-9-28(10-3-1)29-19-21-34(22-20-29)43(35-23-24-37-33(25-35)18-17-30-11-6-7-14-36(30)37)39-15-8-16-40-42(39)38-26-31-12-4-5-13-32(31)27-41(38)44-40/h1-27H. The molecule has 9 aromatic rings. The molecule has 206 valence electrons. The summed E-state index contributed by atoms with van der Waals surface area (Å²) in [5.74, 6) is 0. The smallest absolute Gasteiger partial charge is 0.137 e. The summed E-state index contributed by atoms with van der Waals surface area (Å²) in [5.41, 5.74) is 7.45. The number of benzene rings is 8. The molecule has 0 aliphatic rings. The largest absolute Gasteiger partial charge is 0.456 e. The van der Waals surface area contributed by atoms with Crippen LogP contribution >= 0.6 is 0 Å². The zero-order valence-electron chi connectivity index (χ0n) is 23.9. The average Bonchev–Trinajstić information content (AvgIpc) is 3.46. The molecule has 0 saturated carbocycles. The van der Waals surface area contributed by atoms with Gasteiger partial charge in [0.25, 0.3) is 0 Å². The number of nitrogens with zero attached hydrogens (tertiary/aromatic N) is 1. The van der Waals surface area contributed by atoms with E-state index >= 15 is 0 Å². The van der Waals surface area contributed by atoms with Crippen LogP contribution in [0.5, 0.6) is 0 Å². The van der Waals surface area contributed by atoms with Gasteiger partial charge in [-0.25, -0.2) is 0 Å². The topological polar surface area (TPSA) is 16.4 Å². The van der Waals surface area contributed by atoms with Gasteiger partial charge in [-0.05, 0) is 92.0 Å². The van der Waals surface area contributed by atoms with E-state index in [1.807, 2.05) is 0 Å². The fraction of sp³-hybridized carbons (Fsp3) is 0. The van der Waals surface area contributed by atoms with E-state index < -0.39 is 0 Å². The molecule has 0 fully saturated rings. The lowest BCUT2D eigenvalue weighted by molar-refractivity contribution is 0.669. The molecule has 8 aromatic carbocycles. The van der Waals surface area contributed by atoms with Gasteiger partial charge >= 0.3 is 0 Å². The van der Waals surface area contributed by atoms with E-state index in [-0.39, 0.29) is 0 Å². The van der Waals surface area contributed by atoms with E-state index in [2.05, 4.69) is 169 Å². The van der Waals surface area contributed by atoms with Crippen molar-refractivity contribution >= 4 is 71.3 Å². The number of anilines is 3. The molecule has 0 amide bonds. The van der Waals surface area contributed by atoms with Gasteiger partial charge in [-0.3, -0.25) is 0 Å². The predicted molar refractivity (Wildman–Crippen MR) is 186 cm³/mol. The maximum atomic E-state index is 6.49. The first-order valence-corrected chi connectivity index (χ1v) is 15.0. The first-order chi connectivity index (χ1) is 21.8. The molecular formula is C42H27NO. The minimum Gasteiger partial charge on any atom is -0.456 e. The number of furan rings is 1. The Morgan fingerprint density at radius 2 is 1.02 bits per heavy atom. The van der Waals surface area contributed by atoms with Gasteiger partial charge in [0.1, 0.15) is 11.2 Å². The summed E-state index contributed by atoms with van der Waals surface area (Å²) in [7, 11) is 0. The second-order valence-corrected chi connectivity index (χ2v) is 11.4. The monoisotopic (exact) mass is 561 g/mol. The van der Waals surface area contributed by atoms with Crippen molar-refractivity contribution in [2.24, 2.45) is 0 Å². The predicted octanol–water partition coefficient (Wildman–Crippen LogP) is 12.2. The summed E-state index contributed by atoms with van der Waals surface area (Å²) in [4.78, 5) is 2.37. The Morgan fingerprint density at radius 1 is 0.364 bits per heavy atom. The summed E-state index contributed by atoms with van der Waals surface area (Å²) in [5, 5.41) is 9.59. The van der Waals surface area contributed by atoms with E-state index in [9.17, 15) is 0 Å². The Balaban J connectivity index is 1.29. The van der Waals surface area contributed by atoms with Gasteiger partial charge in [-0.2, -0.15) is 0 Å². The number of hydrogen-bond donors (Lipinski definition) is 0. The fourth-order valence-electron chi connectivity index (χ4n) is 6.68. The molecule has 0 atom stereocenters. The van der Waals surface area contributed by atoms with Crippen LogP contribution in [0.4, 0.5) is 17.1 Å². The molecular weight excluding hydrogens is 534 g/mol. The van der Waals surface area contributed by atoms with Crippen molar-refractivity contribution in [2.75, 3.05) is 4.90 Å². The van der Waals surface area contributed by atoms with E-state index in [0.717, 1.165) is 39.0 Å². The Morgan fingerprint density at radius 3 is 1.86 bits per heavy atom. The van der Waals surface area contributed by atoms with E-state index in [1.54, 1.807) is 0 Å². The lowest BCUT2D eigenvalue weighted by atomic mass is 10.00. The highest BCUT2D eigenvalue weighted by Gasteiger charge is 2.20. The zero-order valence-corrected chi connectivity index (χ0v) is 23.9. The molecule has 44 heavy (non-hydrogen) atoms. The number of rotatable bonds is 4. The molecule has 0 saturated heterocycles. The highest BCUT2D eigenvalue weighted by atomic mass is 16.3. The number of hydrogen-bond acceptors (Lipinski definition) is 2. The molecule has 0 N–H and O–H groups in total. The molecule has 1 heterocycles. The lowest BCUT2D eigenvalue weighted by Crippen LogP contribution is -2.10. The van der Waals surface area contributed by atoms with Crippen LogP contribution in [0.2, 0.25) is 0 Å². The fourth-order valence-corrected chi connectivity index (χ4v) is 6.68. The third kappa shape index (κ3) is 3.96. The minimum atomic E-state index is 0.880. The zero-order chi connectivity index (χ0) is 29.0. The van der Waals surface area contributed by atoms with Crippen molar-refractivity contribution in [2.45, 2.75) is 0 Å². The van der Waals surface area contributed by atoms with Crippen LogP contribution in [0.25, 0.3) is 65.4 Å². The van der Waals surface area contributed by atoms with Crippen molar-refractivity contribution in [3.8, 4) is 11.1 Å². The minimum absolute atomic E-state index is 0.880. The molecule has 0 spiro atoms. The van der Waals surface area contributed by atoms with Gasteiger partial charge in [-0.1, -0.05) is 115 Å². The SMILES string of the molecule is c1ccc(-c2ccc(N(c3ccc4c(ccc5ccccc54)c3)c3cccc4oc5cc6ccccc6cc5c34)cc2)cc1. The van der Waals surface area contributed by atoms with Crippen molar-refractivity contribution in [1.29, 1.82) is 0 Å². The molecule has 0 aliphatic heterocycles. The molecule has 0 aliphatic carbocycles. The third-order valence-corrected chi connectivity index (χ3v) is 8.80.